The molecule has 1 atom stereocenters. The fourth-order valence-corrected chi connectivity index (χ4v) is 5.65. The van der Waals surface area contributed by atoms with Crippen molar-refractivity contribution in [2.45, 2.75) is 30.5 Å². The Morgan fingerprint density at radius 3 is 2.32 bits per heavy atom. The van der Waals surface area contributed by atoms with Crippen molar-refractivity contribution in [3.63, 3.8) is 0 Å². The highest BCUT2D eigenvalue weighted by Crippen LogP contribution is 2.30. The maximum atomic E-state index is 12.9. The average Bonchev–Trinajstić information content (AvgIpc) is 3.28. The van der Waals surface area contributed by atoms with Gasteiger partial charge in [-0.1, -0.05) is 31.2 Å². The molecule has 4 aromatic rings. The Hall–Kier alpha value is -3.28. The number of amides is 1. The van der Waals surface area contributed by atoms with Crippen LogP contribution in [-0.2, 0) is 22.4 Å². The highest BCUT2D eigenvalue weighted by molar-refractivity contribution is 7.91. The number of nitrogens with one attached hydrogen (secondary N) is 1. The molecule has 0 aliphatic carbocycles. The largest absolute Gasteiger partial charge is 0.416 e. The van der Waals surface area contributed by atoms with Crippen LogP contribution in [-0.4, -0.2) is 36.8 Å². The molecule has 0 aliphatic heterocycles. The first-order valence-corrected chi connectivity index (χ1v) is 13.8. The lowest BCUT2D eigenvalue weighted by atomic mass is 10.1. The average molecular weight is 549 g/mol. The summed E-state index contributed by atoms with van der Waals surface area (Å²) in [7, 11) is -3.36. The Kier molecular flexibility index (Phi) is 7.67. The van der Waals surface area contributed by atoms with Gasteiger partial charge in [0.2, 0.25) is 0 Å². The molecule has 194 valence electrons. The minimum absolute atomic E-state index is 0.0291. The van der Waals surface area contributed by atoms with Crippen LogP contribution in [0.1, 0.15) is 45.0 Å². The van der Waals surface area contributed by atoms with E-state index in [1.165, 1.54) is 35.6 Å². The molecule has 37 heavy (non-hydrogen) atoms. The van der Waals surface area contributed by atoms with Crippen LogP contribution < -0.4 is 5.32 Å². The lowest BCUT2D eigenvalue weighted by Gasteiger charge is -2.17. The molecule has 4 rings (SSSR count). The summed E-state index contributed by atoms with van der Waals surface area (Å²) in [6.45, 7) is 1.17. The van der Waals surface area contributed by atoms with Crippen molar-refractivity contribution in [3.05, 3.63) is 94.0 Å². The number of hydrogen-bond acceptors (Lipinski definition) is 6. The molecule has 0 spiro atoms. The van der Waals surface area contributed by atoms with E-state index < -0.39 is 33.5 Å². The van der Waals surface area contributed by atoms with Crippen molar-refractivity contribution in [1.82, 2.24) is 10.3 Å². The number of alkyl halides is 3. The minimum Gasteiger partial charge on any atom is -0.394 e. The summed E-state index contributed by atoms with van der Waals surface area (Å²) in [5, 5.41) is 13.3. The van der Waals surface area contributed by atoms with Gasteiger partial charge in [0.1, 0.15) is 0 Å². The SMILES string of the molecule is CCS(=O)(=O)c1ccc(C(CO)NC(=O)c2ccc3nc(Cc4ccc(C(F)(F)F)cc4)sc3c2)cc1. The van der Waals surface area contributed by atoms with Crippen molar-refractivity contribution in [2.75, 3.05) is 12.4 Å². The number of hydrogen-bond donors (Lipinski definition) is 2. The summed E-state index contributed by atoms with van der Waals surface area (Å²) in [6, 6.07) is 15.2. The second-order valence-corrected chi connectivity index (χ2v) is 11.7. The number of aromatic nitrogens is 1. The molecule has 0 saturated carbocycles. The third-order valence-corrected chi connectivity index (χ3v) is 8.61. The molecule has 0 saturated heterocycles. The van der Waals surface area contributed by atoms with E-state index in [1.54, 1.807) is 37.3 Å². The van der Waals surface area contributed by atoms with Crippen LogP contribution in [0.25, 0.3) is 10.2 Å². The second kappa shape index (κ2) is 10.6. The minimum atomic E-state index is -4.39. The van der Waals surface area contributed by atoms with Gasteiger partial charge in [-0.25, -0.2) is 13.4 Å². The summed E-state index contributed by atoms with van der Waals surface area (Å²) in [5.74, 6) is -0.456. The number of carbonyl (C=O) groups excluding carboxylic acids is 1. The number of rotatable bonds is 8. The molecule has 6 nitrogen and oxygen atoms in total. The number of nitrogens with zero attached hydrogens (tertiary/aromatic N) is 1. The van der Waals surface area contributed by atoms with Crippen LogP contribution in [0.15, 0.2) is 71.6 Å². The lowest BCUT2D eigenvalue weighted by molar-refractivity contribution is -0.137. The zero-order valence-electron chi connectivity index (χ0n) is 19.6. The van der Waals surface area contributed by atoms with Crippen molar-refractivity contribution < 1.29 is 31.5 Å². The van der Waals surface area contributed by atoms with Crippen LogP contribution in [0.4, 0.5) is 13.2 Å². The summed E-state index contributed by atoms with van der Waals surface area (Å²) in [6.07, 6.45) is -4.03. The molecular formula is C26H23F3N2O4S2. The fourth-order valence-electron chi connectivity index (χ4n) is 3.73. The number of sulfone groups is 1. The number of thiazole rings is 1. The molecule has 0 bridgehead atoms. The first kappa shape index (κ1) is 26.8. The monoisotopic (exact) mass is 548 g/mol. The van der Waals surface area contributed by atoms with E-state index in [0.29, 0.717) is 33.6 Å². The van der Waals surface area contributed by atoms with Crippen LogP contribution in [0.5, 0.6) is 0 Å². The summed E-state index contributed by atoms with van der Waals surface area (Å²) in [5.41, 5.74) is 1.55. The first-order valence-electron chi connectivity index (χ1n) is 11.3. The molecule has 11 heteroatoms. The topological polar surface area (TPSA) is 96.4 Å². The van der Waals surface area contributed by atoms with Crippen LogP contribution in [0.2, 0.25) is 0 Å². The standard InChI is InChI=1S/C26H23F3N2O4S2/c1-2-37(34,35)20-10-5-17(6-11-20)22(15-32)31-25(33)18-7-12-21-23(14-18)36-24(30-21)13-16-3-8-19(9-4-16)26(27,28)29/h3-12,14,22,32H,2,13,15H2,1H3,(H,31,33). The van der Waals surface area contributed by atoms with E-state index >= 15 is 0 Å². The predicted octanol–water partition coefficient (Wildman–Crippen LogP) is 5.16. The fraction of sp³-hybridized carbons (Fsp3) is 0.231. The predicted molar refractivity (Wildman–Crippen MR) is 135 cm³/mol. The van der Waals surface area contributed by atoms with Crippen LogP contribution >= 0.6 is 11.3 Å². The van der Waals surface area contributed by atoms with E-state index in [2.05, 4.69) is 10.3 Å². The van der Waals surface area contributed by atoms with E-state index in [0.717, 1.165) is 16.8 Å². The molecule has 0 fully saturated rings. The lowest BCUT2D eigenvalue weighted by Crippen LogP contribution is -2.30. The number of benzene rings is 3. The molecule has 0 aliphatic rings. The van der Waals surface area contributed by atoms with Gasteiger partial charge in [-0.05, 0) is 53.6 Å². The molecule has 3 aromatic carbocycles. The molecule has 1 unspecified atom stereocenters. The summed E-state index contributed by atoms with van der Waals surface area (Å²) in [4.78, 5) is 17.6. The molecule has 1 aromatic heterocycles. The van der Waals surface area contributed by atoms with Gasteiger partial charge in [0.25, 0.3) is 5.91 Å². The van der Waals surface area contributed by atoms with Gasteiger partial charge in [0, 0.05) is 12.0 Å². The summed E-state index contributed by atoms with van der Waals surface area (Å²) >= 11 is 1.34. The van der Waals surface area contributed by atoms with Crippen molar-refractivity contribution in [3.8, 4) is 0 Å². The number of fused-ring (bicyclic) bond motifs is 1. The van der Waals surface area contributed by atoms with Gasteiger partial charge >= 0.3 is 6.18 Å². The number of aliphatic hydroxyl groups excluding tert-OH is 1. The highest BCUT2D eigenvalue weighted by Gasteiger charge is 2.30. The first-order chi connectivity index (χ1) is 17.5. The van der Waals surface area contributed by atoms with Crippen molar-refractivity contribution in [2.24, 2.45) is 0 Å². The zero-order chi connectivity index (χ0) is 26.8. The third kappa shape index (κ3) is 6.17. The van der Waals surface area contributed by atoms with E-state index in [4.69, 9.17) is 0 Å². The third-order valence-electron chi connectivity index (χ3n) is 5.84. The molecule has 1 amide bonds. The molecular weight excluding hydrogens is 525 g/mol. The molecule has 2 N–H and O–H groups in total. The second-order valence-electron chi connectivity index (χ2n) is 8.34. The quantitative estimate of drug-likeness (QED) is 0.317. The number of carbonyl (C=O) groups is 1. The smallest absolute Gasteiger partial charge is 0.394 e. The maximum absolute atomic E-state index is 12.9. The maximum Gasteiger partial charge on any atom is 0.416 e. The number of halogens is 3. The Bertz CT molecular complexity index is 1510. The number of aliphatic hydroxyl groups is 1. The van der Waals surface area contributed by atoms with Gasteiger partial charge in [-0.2, -0.15) is 13.2 Å². The van der Waals surface area contributed by atoms with Crippen molar-refractivity contribution >= 4 is 37.3 Å². The zero-order valence-corrected chi connectivity index (χ0v) is 21.3. The highest BCUT2D eigenvalue weighted by atomic mass is 32.2. The van der Waals surface area contributed by atoms with Crippen LogP contribution in [0, 0.1) is 0 Å². The van der Waals surface area contributed by atoms with E-state index in [-0.39, 0.29) is 17.3 Å². The van der Waals surface area contributed by atoms with Gasteiger partial charge in [0.15, 0.2) is 9.84 Å². The van der Waals surface area contributed by atoms with Crippen molar-refractivity contribution in [1.29, 1.82) is 0 Å². The molecule has 0 radical (unpaired) electrons. The van der Waals surface area contributed by atoms with Gasteiger partial charge < -0.3 is 10.4 Å². The van der Waals surface area contributed by atoms with E-state index in [9.17, 15) is 31.5 Å². The van der Waals surface area contributed by atoms with Gasteiger partial charge in [-0.15, -0.1) is 11.3 Å². The molecule has 1 heterocycles. The Balaban J connectivity index is 1.48. The Morgan fingerprint density at radius 2 is 1.73 bits per heavy atom. The Labute approximate surface area is 215 Å². The summed E-state index contributed by atoms with van der Waals surface area (Å²) < 4.78 is 63.1. The van der Waals surface area contributed by atoms with Crippen LogP contribution in [0.3, 0.4) is 0 Å². The van der Waals surface area contributed by atoms with Gasteiger partial charge in [-0.3, -0.25) is 4.79 Å². The normalized spacial score (nSPS) is 13.0. The Morgan fingerprint density at radius 1 is 1.05 bits per heavy atom. The van der Waals surface area contributed by atoms with E-state index in [1.807, 2.05) is 0 Å². The van der Waals surface area contributed by atoms with Gasteiger partial charge in [0.05, 0.1) is 44.1 Å².